The molecule has 0 atom stereocenters. The van der Waals surface area contributed by atoms with Crippen LogP contribution in [0.5, 0.6) is 0 Å². The van der Waals surface area contributed by atoms with E-state index in [1.165, 1.54) is 6.08 Å². The Morgan fingerprint density at radius 3 is 3.17 bits per heavy atom. The molecule has 0 fully saturated rings. The number of aromatic amines is 1. The molecule has 2 rings (SSSR count). The highest BCUT2D eigenvalue weighted by atomic mass is 16.5. The van der Waals surface area contributed by atoms with E-state index in [9.17, 15) is 4.79 Å². The third-order valence-corrected chi connectivity index (χ3v) is 2.40. The van der Waals surface area contributed by atoms with Crippen molar-refractivity contribution in [3.05, 3.63) is 36.2 Å². The number of carbonyl (C=O) groups excluding carboxylic acids is 1. The predicted molar refractivity (Wildman–Crippen MR) is 70.1 cm³/mol. The van der Waals surface area contributed by atoms with Crippen molar-refractivity contribution in [1.29, 1.82) is 0 Å². The van der Waals surface area contributed by atoms with Gasteiger partial charge in [0, 0.05) is 22.8 Å². The number of H-pyrrole nitrogens is 1. The number of aromatic nitrogens is 2. The Balaban J connectivity index is 2.10. The van der Waals surface area contributed by atoms with E-state index in [4.69, 9.17) is 4.74 Å². The van der Waals surface area contributed by atoms with Crippen molar-refractivity contribution in [2.24, 2.45) is 0 Å². The summed E-state index contributed by atoms with van der Waals surface area (Å²) in [7, 11) is 0. The zero-order chi connectivity index (χ0) is 13.0. The molecule has 0 unspecified atom stereocenters. The van der Waals surface area contributed by atoms with Crippen LogP contribution in [0.2, 0.25) is 0 Å². The monoisotopic (exact) mass is 245 g/mol. The van der Waals surface area contributed by atoms with Gasteiger partial charge in [-0.05, 0) is 32.0 Å². The third-order valence-electron chi connectivity index (χ3n) is 2.40. The maximum absolute atomic E-state index is 11.3. The van der Waals surface area contributed by atoms with Crippen LogP contribution in [0.1, 0.15) is 13.8 Å². The van der Waals surface area contributed by atoms with Gasteiger partial charge < -0.3 is 10.1 Å². The molecule has 0 radical (unpaired) electrons. The Morgan fingerprint density at radius 2 is 2.39 bits per heavy atom. The smallest absolute Gasteiger partial charge is 0.332 e. The van der Waals surface area contributed by atoms with E-state index in [0.717, 1.165) is 22.3 Å². The van der Waals surface area contributed by atoms with Gasteiger partial charge in [0.05, 0.1) is 18.3 Å². The second-order valence-corrected chi connectivity index (χ2v) is 3.88. The van der Waals surface area contributed by atoms with Gasteiger partial charge in [0.25, 0.3) is 0 Å². The predicted octanol–water partition coefficient (Wildman–Crippen LogP) is 2.44. The Kier molecular flexibility index (Phi) is 3.62. The Bertz CT molecular complexity index is 587. The molecule has 0 bridgehead atoms. The van der Waals surface area contributed by atoms with Gasteiger partial charge in [-0.3, -0.25) is 5.10 Å². The fourth-order valence-electron chi connectivity index (χ4n) is 1.64. The summed E-state index contributed by atoms with van der Waals surface area (Å²) in [4.78, 5) is 11.3. The summed E-state index contributed by atoms with van der Waals surface area (Å²) in [6.07, 6.45) is 3.20. The van der Waals surface area contributed by atoms with Crippen LogP contribution in [0.4, 0.5) is 5.69 Å². The molecule has 18 heavy (non-hydrogen) atoms. The van der Waals surface area contributed by atoms with E-state index >= 15 is 0 Å². The topological polar surface area (TPSA) is 67.0 Å². The van der Waals surface area contributed by atoms with Gasteiger partial charge in [0.1, 0.15) is 0 Å². The number of rotatable bonds is 4. The number of anilines is 1. The first-order valence-electron chi connectivity index (χ1n) is 5.74. The number of hydrogen-bond donors (Lipinski definition) is 2. The summed E-state index contributed by atoms with van der Waals surface area (Å²) >= 11 is 0. The molecule has 0 amide bonds. The van der Waals surface area contributed by atoms with E-state index in [1.54, 1.807) is 13.1 Å². The van der Waals surface area contributed by atoms with Crippen LogP contribution in [0.25, 0.3) is 10.9 Å². The normalized spacial score (nSPS) is 11.6. The van der Waals surface area contributed by atoms with Crippen LogP contribution in [0, 0.1) is 0 Å². The van der Waals surface area contributed by atoms with Gasteiger partial charge in [-0.1, -0.05) is 0 Å². The standard InChI is InChI=1S/C13H15N3O2/c1-3-18-13(17)6-9(2)15-11-5-4-10-8-14-16-12(10)7-11/h4-8,15H,3H2,1-2H3,(H,14,16). The number of nitrogens with one attached hydrogen (secondary N) is 2. The molecule has 0 saturated carbocycles. The number of esters is 1. The molecule has 2 N–H and O–H groups in total. The number of allylic oxidation sites excluding steroid dienone is 1. The summed E-state index contributed by atoms with van der Waals surface area (Å²) in [5, 5.41) is 11.0. The van der Waals surface area contributed by atoms with Crippen molar-refractivity contribution in [3.8, 4) is 0 Å². The first-order valence-corrected chi connectivity index (χ1v) is 5.74. The highest BCUT2D eigenvalue weighted by Gasteiger charge is 2.01. The Hall–Kier alpha value is -2.30. The molecule has 1 aromatic carbocycles. The number of benzene rings is 1. The van der Waals surface area contributed by atoms with E-state index in [1.807, 2.05) is 25.1 Å². The molecule has 94 valence electrons. The minimum Gasteiger partial charge on any atom is -0.463 e. The largest absolute Gasteiger partial charge is 0.463 e. The summed E-state index contributed by atoms with van der Waals surface area (Å²) < 4.78 is 4.84. The van der Waals surface area contributed by atoms with Gasteiger partial charge in [-0.2, -0.15) is 5.10 Å². The highest BCUT2D eigenvalue weighted by molar-refractivity contribution is 5.84. The first-order chi connectivity index (χ1) is 8.69. The van der Waals surface area contributed by atoms with Crippen LogP contribution >= 0.6 is 0 Å². The summed E-state index contributed by atoms with van der Waals surface area (Å²) in [6, 6.07) is 5.82. The van der Waals surface area contributed by atoms with E-state index < -0.39 is 0 Å². The molecule has 0 aliphatic carbocycles. The Labute approximate surface area is 105 Å². The minimum atomic E-state index is -0.342. The first kappa shape index (κ1) is 12.2. The third kappa shape index (κ3) is 2.88. The molecule has 0 aliphatic rings. The lowest BCUT2D eigenvalue weighted by molar-refractivity contribution is -0.137. The van der Waals surface area contributed by atoms with Crippen molar-refractivity contribution < 1.29 is 9.53 Å². The van der Waals surface area contributed by atoms with Crippen LogP contribution < -0.4 is 5.32 Å². The van der Waals surface area contributed by atoms with Crippen LogP contribution in [0.15, 0.2) is 36.2 Å². The minimum absolute atomic E-state index is 0.342. The lowest BCUT2D eigenvalue weighted by Crippen LogP contribution is -2.04. The molecule has 2 aromatic rings. The number of carbonyl (C=O) groups is 1. The van der Waals surface area contributed by atoms with Crippen molar-refractivity contribution in [3.63, 3.8) is 0 Å². The SMILES string of the molecule is CCOC(=O)C=C(C)Nc1ccc2cn[nH]c2c1. The van der Waals surface area contributed by atoms with E-state index in [2.05, 4.69) is 15.5 Å². The molecule has 5 heteroatoms. The highest BCUT2D eigenvalue weighted by Crippen LogP contribution is 2.17. The van der Waals surface area contributed by atoms with Crippen LogP contribution in [0.3, 0.4) is 0 Å². The molecular formula is C13H15N3O2. The van der Waals surface area contributed by atoms with Gasteiger partial charge in [0.2, 0.25) is 0 Å². The quantitative estimate of drug-likeness (QED) is 0.641. The molecule has 0 saturated heterocycles. The number of ether oxygens (including phenoxy) is 1. The lowest BCUT2D eigenvalue weighted by Gasteiger charge is -2.06. The van der Waals surface area contributed by atoms with Crippen molar-refractivity contribution in [2.75, 3.05) is 11.9 Å². The fourth-order valence-corrected chi connectivity index (χ4v) is 1.64. The summed E-state index contributed by atoms with van der Waals surface area (Å²) in [5.74, 6) is -0.342. The second kappa shape index (κ2) is 5.35. The fraction of sp³-hybridized carbons (Fsp3) is 0.231. The lowest BCUT2D eigenvalue weighted by atomic mass is 10.2. The maximum atomic E-state index is 11.3. The van der Waals surface area contributed by atoms with Crippen molar-refractivity contribution >= 4 is 22.6 Å². The zero-order valence-corrected chi connectivity index (χ0v) is 10.4. The number of nitrogens with zero attached hydrogens (tertiary/aromatic N) is 1. The molecular weight excluding hydrogens is 230 g/mol. The second-order valence-electron chi connectivity index (χ2n) is 3.88. The molecule has 0 spiro atoms. The summed E-state index contributed by atoms with van der Waals surface area (Å²) in [5.41, 5.74) is 2.57. The molecule has 5 nitrogen and oxygen atoms in total. The zero-order valence-electron chi connectivity index (χ0n) is 10.4. The number of hydrogen-bond acceptors (Lipinski definition) is 4. The maximum Gasteiger partial charge on any atom is 0.332 e. The van der Waals surface area contributed by atoms with Gasteiger partial charge in [-0.15, -0.1) is 0 Å². The van der Waals surface area contributed by atoms with Crippen LogP contribution in [-0.4, -0.2) is 22.8 Å². The van der Waals surface area contributed by atoms with Crippen LogP contribution in [-0.2, 0) is 9.53 Å². The molecule has 0 aliphatic heterocycles. The van der Waals surface area contributed by atoms with Crippen molar-refractivity contribution in [2.45, 2.75) is 13.8 Å². The average Bonchev–Trinajstić information content (AvgIpc) is 2.76. The summed E-state index contributed by atoms with van der Waals surface area (Å²) in [6.45, 7) is 3.97. The Morgan fingerprint density at radius 1 is 1.56 bits per heavy atom. The van der Waals surface area contributed by atoms with E-state index in [-0.39, 0.29) is 5.97 Å². The molecule has 1 heterocycles. The van der Waals surface area contributed by atoms with Crippen molar-refractivity contribution in [1.82, 2.24) is 10.2 Å². The average molecular weight is 245 g/mol. The van der Waals surface area contributed by atoms with E-state index in [0.29, 0.717) is 6.61 Å². The number of fused-ring (bicyclic) bond motifs is 1. The van der Waals surface area contributed by atoms with Gasteiger partial charge in [0.15, 0.2) is 0 Å². The van der Waals surface area contributed by atoms with Gasteiger partial charge in [-0.25, -0.2) is 4.79 Å². The molecule has 1 aromatic heterocycles. The van der Waals surface area contributed by atoms with Gasteiger partial charge >= 0.3 is 5.97 Å².